The lowest BCUT2D eigenvalue weighted by Crippen LogP contribution is -2.40. The third-order valence-electron chi connectivity index (χ3n) is 2.30. The van der Waals surface area contributed by atoms with Crippen molar-refractivity contribution in [2.75, 3.05) is 13.2 Å². The first kappa shape index (κ1) is 8.53. The van der Waals surface area contributed by atoms with Crippen LogP contribution in [-0.2, 0) is 4.79 Å². The van der Waals surface area contributed by atoms with Gasteiger partial charge in [-0.05, 0) is 18.8 Å². The summed E-state index contributed by atoms with van der Waals surface area (Å²) in [5.74, 6) is 0.252. The van der Waals surface area contributed by atoms with Gasteiger partial charge in [-0.25, -0.2) is 0 Å². The zero-order valence-electron chi connectivity index (χ0n) is 6.84. The van der Waals surface area contributed by atoms with Crippen LogP contribution in [0.3, 0.4) is 0 Å². The molecular formula is C8H15NO2. The Hall–Kier alpha value is -0.570. The molecule has 0 radical (unpaired) electrons. The Kier molecular flexibility index (Phi) is 2.88. The molecule has 0 saturated carbocycles. The molecule has 1 saturated heterocycles. The van der Waals surface area contributed by atoms with Gasteiger partial charge in [0, 0.05) is 19.1 Å². The molecule has 2 atom stereocenters. The maximum absolute atomic E-state index is 11.2. The van der Waals surface area contributed by atoms with E-state index >= 15 is 0 Å². The van der Waals surface area contributed by atoms with Crippen molar-refractivity contribution in [1.29, 1.82) is 0 Å². The van der Waals surface area contributed by atoms with Gasteiger partial charge in [0.1, 0.15) is 0 Å². The third-order valence-corrected chi connectivity index (χ3v) is 2.30. The smallest absolute Gasteiger partial charge is 0.223 e. The normalized spacial score (nSPS) is 27.8. The fourth-order valence-electron chi connectivity index (χ4n) is 1.47. The van der Waals surface area contributed by atoms with Gasteiger partial charge in [-0.2, -0.15) is 0 Å². The molecule has 2 N–H and O–H groups in total. The first-order valence-electron chi connectivity index (χ1n) is 4.14. The monoisotopic (exact) mass is 157 g/mol. The molecule has 0 aromatic heterocycles. The van der Waals surface area contributed by atoms with Crippen LogP contribution in [0, 0.1) is 11.8 Å². The number of rotatable bonds is 2. The predicted molar refractivity (Wildman–Crippen MR) is 42.0 cm³/mol. The largest absolute Gasteiger partial charge is 0.396 e. The highest BCUT2D eigenvalue weighted by atomic mass is 16.3. The number of hydrogen-bond acceptors (Lipinski definition) is 2. The van der Waals surface area contributed by atoms with E-state index in [1.165, 1.54) is 0 Å². The van der Waals surface area contributed by atoms with Crippen LogP contribution in [0.4, 0.5) is 0 Å². The van der Waals surface area contributed by atoms with E-state index in [-0.39, 0.29) is 24.3 Å². The van der Waals surface area contributed by atoms with Crippen molar-refractivity contribution in [2.45, 2.75) is 19.8 Å². The lowest BCUT2D eigenvalue weighted by Gasteiger charge is -2.25. The molecule has 2 unspecified atom stereocenters. The quantitative estimate of drug-likeness (QED) is 0.599. The van der Waals surface area contributed by atoms with Gasteiger partial charge in [-0.3, -0.25) is 4.79 Å². The fourth-order valence-corrected chi connectivity index (χ4v) is 1.47. The topological polar surface area (TPSA) is 49.3 Å². The summed E-state index contributed by atoms with van der Waals surface area (Å²) < 4.78 is 0. The molecule has 0 aromatic rings. The Balaban J connectivity index is 2.47. The van der Waals surface area contributed by atoms with Crippen molar-refractivity contribution in [3.63, 3.8) is 0 Å². The van der Waals surface area contributed by atoms with Crippen molar-refractivity contribution in [3.05, 3.63) is 0 Å². The molecule has 11 heavy (non-hydrogen) atoms. The molecule has 1 heterocycles. The average Bonchev–Trinajstić information content (AvgIpc) is 2.04. The summed E-state index contributed by atoms with van der Waals surface area (Å²) in [6.07, 6.45) is 1.97. The van der Waals surface area contributed by atoms with Gasteiger partial charge in [0.15, 0.2) is 0 Å². The Morgan fingerprint density at radius 1 is 1.82 bits per heavy atom. The molecule has 0 spiro atoms. The molecule has 0 aliphatic carbocycles. The second kappa shape index (κ2) is 3.72. The number of hydrogen-bond donors (Lipinski definition) is 2. The van der Waals surface area contributed by atoms with Crippen molar-refractivity contribution in [1.82, 2.24) is 5.32 Å². The third kappa shape index (κ3) is 1.93. The zero-order valence-corrected chi connectivity index (χ0v) is 6.84. The van der Waals surface area contributed by atoms with E-state index < -0.39 is 0 Å². The first-order valence-corrected chi connectivity index (χ1v) is 4.14. The molecule has 1 aliphatic heterocycles. The molecule has 64 valence electrons. The lowest BCUT2D eigenvalue weighted by molar-refractivity contribution is -0.128. The number of aliphatic hydroxyl groups is 1. The van der Waals surface area contributed by atoms with Crippen LogP contribution >= 0.6 is 0 Å². The average molecular weight is 157 g/mol. The van der Waals surface area contributed by atoms with Crippen molar-refractivity contribution < 1.29 is 9.90 Å². The van der Waals surface area contributed by atoms with Crippen molar-refractivity contribution in [3.8, 4) is 0 Å². The van der Waals surface area contributed by atoms with Gasteiger partial charge in [-0.15, -0.1) is 0 Å². The highest BCUT2D eigenvalue weighted by Crippen LogP contribution is 2.19. The van der Waals surface area contributed by atoms with E-state index in [9.17, 15) is 4.79 Å². The second-order valence-electron chi connectivity index (χ2n) is 3.20. The molecule has 3 nitrogen and oxygen atoms in total. The lowest BCUT2D eigenvalue weighted by atomic mass is 9.87. The van der Waals surface area contributed by atoms with E-state index in [4.69, 9.17) is 5.11 Å². The molecule has 1 amide bonds. The predicted octanol–water partition coefficient (Wildman–Crippen LogP) is 0.141. The molecule has 3 heteroatoms. The number of carbonyl (C=O) groups excluding carboxylic acids is 1. The summed E-state index contributed by atoms with van der Waals surface area (Å²) >= 11 is 0. The summed E-state index contributed by atoms with van der Waals surface area (Å²) in [4.78, 5) is 11.2. The van der Waals surface area contributed by atoms with Crippen LogP contribution in [0.25, 0.3) is 0 Å². The van der Waals surface area contributed by atoms with E-state index in [0.29, 0.717) is 0 Å². The zero-order chi connectivity index (χ0) is 8.27. The summed E-state index contributed by atoms with van der Waals surface area (Å²) in [5.41, 5.74) is 0. The molecule has 1 fully saturated rings. The highest BCUT2D eigenvalue weighted by Gasteiger charge is 2.26. The van der Waals surface area contributed by atoms with E-state index in [1.807, 2.05) is 6.92 Å². The number of aliphatic hydroxyl groups excluding tert-OH is 1. The summed E-state index contributed by atoms with van der Waals surface area (Å²) in [6.45, 7) is 2.82. The minimum absolute atomic E-state index is 0.0359. The van der Waals surface area contributed by atoms with Crippen LogP contribution in [0.15, 0.2) is 0 Å². The molecular weight excluding hydrogens is 142 g/mol. The van der Waals surface area contributed by atoms with Gasteiger partial charge in [0.25, 0.3) is 0 Å². The van der Waals surface area contributed by atoms with Crippen LogP contribution in [0.5, 0.6) is 0 Å². The first-order chi connectivity index (χ1) is 5.25. The van der Waals surface area contributed by atoms with Crippen LogP contribution in [0.2, 0.25) is 0 Å². The Morgan fingerprint density at radius 2 is 2.55 bits per heavy atom. The Labute approximate surface area is 66.8 Å². The molecule has 0 aromatic carbocycles. The SMILES string of the molecule is CC(CO)C1CCCNC1=O. The number of amides is 1. The molecule has 0 bridgehead atoms. The summed E-state index contributed by atoms with van der Waals surface area (Å²) in [6, 6.07) is 0. The summed E-state index contributed by atoms with van der Waals surface area (Å²) in [7, 11) is 0. The maximum atomic E-state index is 11.2. The van der Waals surface area contributed by atoms with Gasteiger partial charge in [0.05, 0.1) is 0 Å². The van der Waals surface area contributed by atoms with E-state index in [2.05, 4.69) is 5.32 Å². The minimum atomic E-state index is 0.0359. The minimum Gasteiger partial charge on any atom is -0.396 e. The van der Waals surface area contributed by atoms with Crippen LogP contribution in [0.1, 0.15) is 19.8 Å². The Morgan fingerprint density at radius 3 is 3.09 bits per heavy atom. The van der Waals surface area contributed by atoms with Gasteiger partial charge < -0.3 is 10.4 Å². The fraction of sp³-hybridized carbons (Fsp3) is 0.875. The van der Waals surface area contributed by atoms with Gasteiger partial charge >= 0.3 is 0 Å². The standard InChI is InChI=1S/C8H15NO2/c1-6(5-10)7-3-2-4-9-8(7)11/h6-7,10H,2-5H2,1H3,(H,9,11). The molecule has 1 aliphatic rings. The van der Waals surface area contributed by atoms with Crippen LogP contribution in [-0.4, -0.2) is 24.2 Å². The number of piperidine rings is 1. The number of carbonyl (C=O) groups is 1. The summed E-state index contributed by atoms with van der Waals surface area (Å²) in [5, 5.41) is 11.6. The van der Waals surface area contributed by atoms with E-state index in [0.717, 1.165) is 19.4 Å². The van der Waals surface area contributed by atoms with E-state index in [1.54, 1.807) is 0 Å². The highest BCUT2D eigenvalue weighted by molar-refractivity contribution is 5.79. The van der Waals surface area contributed by atoms with Gasteiger partial charge in [0.2, 0.25) is 5.91 Å². The number of nitrogens with one attached hydrogen (secondary N) is 1. The maximum Gasteiger partial charge on any atom is 0.223 e. The molecule has 1 rings (SSSR count). The Bertz CT molecular complexity index is 147. The van der Waals surface area contributed by atoms with Gasteiger partial charge in [-0.1, -0.05) is 6.92 Å². The van der Waals surface area contributed by atoms with Crippen molar-refractivity contribution >= 4 is 5.91 Å². The van der Waals surface area contributed by atoms with Crippen LogP contribution < -0.4 is 5.32 Å². The second-order valence-corrected chi connectivity index (χ2v) is 3.20. The van der Waals surface area contributed by atoms with Crippen molar-refractivity contribution in [2.24, 2.45) is 11.8 Å².